The molecule has 0 unspecified atom stereocenters. The molecule has 2 aromatic carbocycles. The van der Waals surface area contributed by atoms with Crippen molar-refractivity contribution < 1.29 is 0 Å². The van der Waals surface area contributed by atoms with Crippen LogP contribution in [0.15, 0.2) is 64.4 Å². The summed E-state index contributed by atoms with van der Waals surface area (Å²) in [5.74, 6) is 0. The maximum atomic E-state index is 3.58. The Kier molecular flexibility index (Phi) is 4.56. The predicted octanol–water partition coefficient (Wildman–Crippen LogP) is 3.48. The molecular weight excluding hydrogens is 280 g/mol. The Morgan fingerprint density at radius 1 is 0.800 bits per heavy atom. The highest BCUT2D eigenvalue weighted by Crippen LogP contribution is 2.26. The minimum absolute atomic E-state index is 0.192. The van der Waals surface area contributed by atoms with Gasteiger partial charge < -0.3 is 0 Å². The number of benzene rings is 2. The van der Waals surface area contributed by atoms with E-state index in [9.17, 15) is 0 Å². The summed E-state index contributed by atoms with van der Waals surface area (Å²) >= 11 is 5.20. The fourth-order valence-electron chi connectivity index (χ4n) is 1.27. The lowest BCUT2D eigenvalue weighted by Gasteiger charge is -2.02. The third kappa shape index (κ3) is 3.52. The summed E-state index contributed by atoms with van der Waals surface area (Å²) in [7, 11) is 0. The van der Waals surface area contributed by atoms with E-state index in [1.807, 2.05) is 6.07 Å². The molecule has 0 aliphatic rings. The second-order valence-corrected chi connectivity index (χ2v) is 7.11. The van der Waals surface area contributed by atoms with Gasteiger partial charge in [0.1, 0.15) is 0 Å². The zero-order valence-corrected chi connectivity index (χ0v) is 12.0. The van der Waals surface area contributed by atoms with Gasteiger partial charge in [0, 0.05) is 9.79 Å². The highest BCUT2D eigenvalue weighted by molar-refractivity contribution is 9.23. The molecule has 72 valence electrons. The van der Waals surface area contributed by atoms with Crippen LogP contribution in [0.2, 0.25) is 0 Å². The molecule has 0 fully saturated rings. The van der Waals surface area contributed by atoms with Crippen LogP contribution in [-0.4, -0.2) is 18.2 Å². The lowest BCUT2D eigenvalue weighted by atomic mass is 10.4. The standard InChI is InChI=1S/C12H9S.BrH.Mg/c1-3-7-11(8-4-1)13-12-9-5-2-6-10-12;;/h1,3-10H;1H;/q;;+1/p-1. The van der Waals surface area contributed by atoms with E-state index in [0.717, 1.165) is 0 Å². The molecule has 0 aromatic heterocycles. The Bertz CT molecular complexity index is 413. The lowest BCUT2D eigenvalue weighted by Crippen LogP contribution is -2.05. The summed E-state index contributed by atoms with van der Waals surface area (Å²) in [6.45, 7) is 0. The first-order valence-corrected chi connectivity index (χ1v) is 10.2. The summed E-state index contributed by atoms with van der Waals surface area (Å²) in [6, 6.07) is 19.3. The van der Waals surface area contributed by atoms with Crippen LogP contribution in [0.25, 0.3) is 0 Å². The molecule has 0 heterocycles. The van der Waals surface area contributed by atoms with Crippen molar-refractivity contribution in [1.82, 2.24) is 0 Å². The van der Waals surface area contributed by atoms with E-state index in [4.69, 9.17) is 0 Å². The van der Waals surface area contributed by atoms with Crippen molar-refractivity contribution in [2.75, 3.05) is 0 Å². The highest BCUT2D eigenvalue weighted by Gasteiger charge is 1.97. The smallest absolute Gasteiger partial charge is 0.296 e. The van der Waals surface area contributed by atoms with Gasteiger partial charge in [0.25, 0.3) is 0 Å². The molecule has 0 N–H and O–H groups in total. The first-order chi connectivity index (χ1) is 7.38. The third-order valence-corrected chi connectivity index (χ3v) is 5.79. The van der Waals surface area contributed by atoms with Gasteiger partial charge in [0.05, 0.1) is 0 Å². The fraction of sp³-hybridized carbons (Fsp3) is 0. The Labute approximate surface area is 110 Å². The molecule has 3 heteroatoms. The van der Waals surface area contributed by atoms with Crippen molar-refractivity contribution in [3.63, 3.8) is 0 Å². The van der Waals surface area contributed by atoms with Crippen molar-refractivity contribution in [1.29, 1.82) is 0 Å². The summed E-state index contributed by atoms with van der Waals surface area (Å²) in [4.78, 5) is 2.60. The third-order valence-electron chi connectivity index (χ3n) is 2.06. The maximum Gasteiger partial charge on any atom is 0.506 e. The van der Waals surface area contributed by atoms with Crippen molar-refractivity contribution in [2.45, 2.75) is 9.79 Å². The monoisotopic (exact) mass is 288 g/mol. The van der Waals surface area contributed by atoms with Crippen molar-refractivity contribution in [2.24, 2.45) is 0 Å². The molecule has 0 spiro atoms. The quantitative estimate of drug-likeness (QED) is 0.780. The van der Waals surface area contributed by atoms with Crippen LogP contribution in [-0.2, 0) is 0 Å². The van der Waals surface area contributed by atoms with E-state index >= 15 is 0 Å². The second kappa shape index (κ2) is 5.94. The minimum atomic E-state index is -0.192. The Balaban J connectivity index is 2.11. The van der Waals surface area contributed by atoms with Gasteiger partial charge in [-0.25, -0.2) is 0 Å². The van der Waals surface area contributed by atoms with Gasteiger partial charge >= 0.3 is 18.2 Å². The van der Waals surface area contributed by atoms with Crippen molar-refractivity contribution >= 4 is 46.5 Å². The first-order valence-electron chi connectivity index (χ1n) is 4.76. The van der Waals surface area contributed by atoms with E-state index in [2.05, 4.69) is 61.4 Å². The SMILES string of the molecule is [Br][Mg][c]1ccc(Sc2ccccc2)cc1. The molecule has 0 aliphatic heterocycles. The zero-order chi connectivity index (χ0) is 10.5. The predicted molar refractivity (Wildman–Crippen MR) is 71.3 cm³/mol. The first kappa shape index (κ1) is 11.5. The highest BCUT2D eigenvalue weighted by atomic mass is 79.9. The van der Waals surface area contributed by atoms with Crippen LogP contribution >= 0.6 is 24.6 Å². The van der Waals surface area contributed by atoms with E-state index in [-0.39, 0.29) is 18.2 Å². The summed E-state index contributed by atoms with van der Waals surface area (Å²) in [5.41, 5.74) is 0. The van der Waals surface area contributed by atoms with Crippen LogP contribution in [0.1, 0.15) is 0 Å². The van der Waals surface area contributed by atoms with Crippen molar-refractivity contribution in [3.05, 3.63) is 54.6 Å². The topological polar surface area (TPSA) is 0 Å². The number of rotatable bonds is 3. The Morgan fingerprint density at radius 3 is 2.00 bits per heavy atom. The van der Waals surface area contributed by atoms with Crippen LogP contribution in [0.5, 0.6) is 0 Å². The van der Waals surface area contributed by atoms with E-state index < -0.39 is 0 Å². The van der Waals surface area contributed by atoms with Gasteiger partial charge in [-0.15, -0.1) is 0 Å². The van der Waals surface area contributed by atoms with Crippen LogP contribution in [0, 0.1) is 0 Å². The molecule has 0 radical (unpaired) electrons. The molecule has 0 bridgehead atoms. The Hall–Kier alpha value is 0.0362. The molecule has 2 aromatic rings. The van der Waals surface area contributed by atoms with E-state index in [0.29, 0.717) is 0 Å². The molecular formula is C12H9BrMgS. The van der Waals surface area contributed by atoms with Gasteiger partial charge in [-0.05, 0) is 12.1 Å². The average molecular weight is 289 g/mol. The minimum Gasteiger partial charge on any atom is -0.296 e. The van der Waals surface area contributed by atoms with Crippen LogP contribution in [0.3, 0.4) is 0 Å². The summed E-state index contributed by atoms with van der Waals surface area (Å²) in [6.07, 6.45) is 0. The molecule has 0 nitrogen and oxygen atoms in total. The van der Waals surface area contributed by atoms with Gasteiger partial charge in [-0.3, -0.25) is 12.9 Å². The van der Waals surface area contributed by atoms with Crippen LogP contribution in [0.4, 0.5) is 0 Å². The van der Waals surface area contributed by atoms with Crippen LogP contribution < -0.4 is 3.69 Å². The second-order valence-electron chi connectivity index (χ2n) is 3.19. The van der Waals surface area contributed by atoms with Crippen molar-refractivity contribution in [3.8, 4) is 0 Å². The molecule has 15 heavy (non-hydrogen) atoms. The number of hydrogen-bond donors (Lipinski definition) is 0. The molecule has 0 saturated heterocycles. The maximum absolute atomic E-state index is 3.58. The Morgan fingerprint density at radius 2 is 1.40 bits per heavy atom. The normalized spacial score (nSPS) is 9.67. The number of hydrogen-bond acceptors (Lipinski definition) is 1. The average Bonchev–Trinajstić information content (AvgIpc) is 2.31. The van der Waals surface area contributed by atoms with Gasteiger partial charge in [-0.1, -0.05) is 54.2 Å². The van der Waals surface area contributed by atoms with E-state index in [1.165, 1.54) is 13.5 Å². The van der Waals surface area contributed by atoms with Gasteiger partial charge in [0.2, 0.25) is 0 Å². The lowest BCUT2D eigenvalue weighted by molar-refractivity contribution is 1.41. The summed E-state index contributed by atoms with van der Waals surface area (Å²) < 4.78 is 1.45. The number of halogens is 1. The van der Waals surface area contributed by atoms with Gasteiger partial charge in [0.15, 0.2) is 0 Å². The molecule has 0 aliphatic carbocycles. The molecule has 0 atom stereocenters. The zero-order valence-electron chi connectivity index (χ0n) is 8.19. The van der Waals surface area contributed by atoms with Gasteiger partial charge in [-0.2, -0.15) is 3.69 Å². The van der Waals surface area contributed by atoms with E-state index in [1.54, 1.807) is 11.8 Å². The fourth-order valence-corrected chi connectivity index (χ4v) is 3.64. The molecule has 2 rings (SSSR count). The largest absolute Gasteiger partial charge is 0.506 e. The molecule has 0 amide bonds. The molecule has 0 saturated carbocycles. The summed E-state index contributed by atoms with van der Waals surface area (Å²) in [5, 5.41) is 0.